The van der Waals surface area contributed by atoms with Gasteiger partial charge in [-0.05, 0) is 37.3 Å². The fraction of sp³-hybridized carbons (Fsp3) is 0.200. The van der Waals surface area contributed by atoms with Gasteiger partial charge in [-0.2, -0.15) is 13.9 Å². The highest BCUT2D eigenvalue weighted by molar-refractivity contribution is 6.06. The Morgan fingerprint density at radius 2 is 2.24 bits per heavy atom. The zero-order chi connectivity index (χ0) is 15.2. The predicted molar refractivity (Wildman–Crippen MR) is 74.3 cm³/mol. The lowest BCUT2D eigenvalue weighted by Gasteiger charge is -2.05. The Bertz CT molecular complexity index is 651. The number of nitrogens with zero attached hydrogens (tertiary/aromatic N) is 2. The molecule has 0 fully saturated rings. The number of benzene rings is 1. The van der Waals surface area contributed by atoms with Crippen molar-refractivity contribution in [2.24, 2.45) is 0 Å². The van der Waals surface area contributed by atoms with Crippen LogP contribution in [-0.4, -0.2) is 22.2 Å². The minimum Gasteiger partial charge on any atom is -0.435 e. The summed E-state index contributed by atoms with van der Waals surface area (Å²) in [5.74, 6) is -0.332. The molecular weight excluding hydrogens is 278 g/mol. The van der Waals surface area contributed by atoms with E-state index in [9.17, 15) is 13.6 Å². The van der Waals surface area contributed by atoms with Crippen LogP contribution in [0.2, 0.25) is 0 Å². The normalized spacial score (nSPS) is 11.2. The smallest absolute Gasteiger partial charge is 0.387 e. The van der Waals surface area contributed by atoms with E-state index in [1.165, 1.54) is 24.3 Å². The summed E-state index contributed by atoms with van der Waals surface area (Å²) in [7, 11) is 0. The Hall–Kier alpha value is -2.50. The number of ketones is 1. The van der Waals surface area contributed by atoms with Gasteiger partial charge in [-0.1, -0.05) is 12.1 Å². The van der Waals surface area contributed by atoms with Gasteiger partial charge in [0.2, 0.25) is 0 Å². The number of carbonyl (C=O) groups excluding carboxylic acids is 1. The third kappa shape index (κ3) is 3.98. The lowest BCUT2D eigenvalue weighted by Crippen LogP contribution is -2.03. The molecule has 2 aromatic rings. The summed E-state index contributed by atoms with van der Waals surface area (Å²) in [5.41, 5.74) is 1.08. The van der Waals surface area contributed by atoms with Crippen LogP contribution in [0.25, 0.3) is 6.08 Å². The van der Waals surface area contributed by atoms with Gasteiger partial charge in [-0.25, -0.2) is 0 Å². The molecule has 0 saturated carbocycles. The summed E-state index contributed by atoms with van der Waals surface area (Å²) in [6.45, 7) is -0.277. The molecule has 0 aliphatic carbocycles. The van der Waals surface area contributed by atoms with Gasteiger partial charge in [-0.15, -0.1) is 0 Å². The first-order valence-electron chi connectivity index (χ1n) is 6.39. The minimum atomic E-state index is -2.91. The Morgan fingerprint density at radius 3 is 2.95 bits per heavy atom. The number of aromatic nitrogens is 2. The molecule has 0 saturated heterocycles. The van der Waals surface area contributed by atoms with E-state index < -0.39 is 6.61 Å². The average molecular weight is 292 g/mol. The molecule has 0 atom stereocenters. The average Bonchev–Trinajstić information content (AvgIpc) is 2.91. The molecule has 21 heavy (non-hydrogen) atoms. The molecule has 1 heterocycles. The van der Waals surface area contributed by atoms with Crippen molar-refractivity contribution in [1.82, 2.24) is 9.78 Å². The number of aryl methyl sites for hydroxylation is 1. The highest BCUT2D eigenvalue weighted by Gasteiger charge is 2.08. The molecule has 110 valence electrons. The summed E-state index contributed by atoms with van der Waals surface area (Å²) < 4.78 is 30.3. The molecule has 0 aliphatic rings. The third-order valence-corrected chi connectivity index (χ3v) is 2.80. The van der Waals surface area contributed by atoms with Gasteiger partial charge in [0.05, 0.1) is 5.69 Å². The molecule has 2 rings (SSSR count). The first-order chi connectivity index (χ1) is 10.1. The second kappa shape index (κ2) is 6.78. The Balaban J connectivity index is 2.13. The van der Waals surface area contributed by atoms with E-state index in [0.717, 1.165) is 5.69 Å². The summed E-state index contributed by atoms with van der Waals surface area (Å²) in [6, 6.07) is 7.48. The molecule has 0 N–H and O–H groups in total. The highest BCUT2D eigenvalue weighted by Crippen LogP contribution is 2.17. The van der Waals surface area contributed by atoms with Crippen LogP contribution in [0.4, 0.5) is 8.78 Å². The molecule has 0 aliphatic heterocycles. The molecule has 0 bridgehead atoms. The first kappa shape index (κ1) is 14.9. The highest BCUT2D eigenvalue weighted by atomic mass is 19.3. The SMILES string of the molecule is CCn1nccc1/C=C/C(=O)c1cccc(OC(F)F)c1. The molecule has 0 amide bonds. The van der Waals surface area contributed by atoms with E-state index >= 15 is 0 Å². The van der Waals surface area contributed by atoms with Crippen molar-refractivity contribution in [1.29, 1.82) is 0 Å². The minimum absolute atomic E-state index is 0.0390. The molecule has 0 unspecified atom stereocenters. The lowest BCUT2D eigenvalue weighted by atomic mass is 10.1. The van der Waals surface area contributed by atoms with Crippen LogP contribution in [0.1, 0.15) is 23.0 Å². The van der Waals surface area contributed by atoms with Gasteiger partial charge in [0.1, 0.15) is 5.75 Å². The Kier molecular flexibility index (Phi) is 4.81. The number of hydrogen-bond acceptors (Lipinski definition) is 3. The molecule has 6 heteroatoms. The van der Waals surface area contributed by atoms with Crippen molar-refractivity contribution in [3.8, 4) is 5.75 Å². The molecular formula is C15H14F2N2O2. The Labute approximate surface area is 120 Å². The number of carbonyl (C=O) groups is 1. The van der Waals surface area contributed by atoms with Crippen LogP contribution >= 0.6 is 0 Å². The number of allylic oxidation sites excluding steroid dienone is 1. The second-order valence-corrected chi connectivity index (χ2v) is 4.18. The molecule has 4 nitrogen and oxygen atoms in total. The van der Waals surface area contributed by atoms with Crippen LogP contribution < -0.4 is 4.74 Å². The van der Waals surface area contributed by atoms with E-state index in [4.69, 9.17) is 0 Å². The number of alkyl halides is 2. The lowest BCUT2D eigenvalue weighted by molar-refractivity contribution is -0.0498. The fourth-order valence-electron chi connectivity index (χ4n) is 1.83. The summed E-state index contributed by atoms with van der Waals surface area (Å²) in [4.78, 5) is 12.0. The molecule has 0 spiro atoms. The van der Waals surface area contributed by atoms with Gasteiger partial charge in [0.25, 0.3) is 0 Å². The van der Waals surface area contributed by atoms with Crippen LogP contribution in [0.5, 0.6) is 5.75 Å². The molecule has 0 radical (unpaired) electrons. The van der Waals surface area contributed by atoms with Crippen LogP contribution in [0.15, 0.2) is 42.6 Å². The van der Waals surface area contributed by atoms with Crippen LogP contribution in [0.3, 0.4) is 0 Å². The first-order valence-corrected chi connectivity index (χ1v) is 6.39. The van der Waals surface area contributed by atoms with E-state index in [2.05, 4.69) is 9.84 Å². The third-order valence-electron chi connectivity index (χ3n) is 2.80. The predicted octanol–water partition coefficient (Wildman–Crippen LogP) is 3.40. The maximum absolute atomic E-state index is 12.1. The number of ether oxygens (including phenoxy) is 1. The summed E-state index contributed by atoms with van der Waals surface area (Å²) >= 11 is 0. The van der Waals surface area contributed by atoms with E-state index in [1.54, 1.807) is 29.1 Å². The van der Waals surface area contributed by atoms with E-state index in [0.29, 0.717) is 6.54 Å². The Morgan fingerprint density at radius 1 is 1.43 bits per heavy atom. The maximum Gasteiger partial charge on any atom is 0.387 e. The number of hydrogen-bond donors (Lipinski definition) is 0. The van der Waals surface area contributed by atoms with Crippen molar-refractivity contribution in [3.63, 3.8) is 0 Å². The van der Waals surface area contributed by atoms with Gasteiger partial charge >= 0.3 is 6.61 Å². The summed E-state index contributed by atoms with van der Waals surface area (Å²) in [5, 5.41) is 4.08. The quantitative estimate of drug-likeness (QED) is 0.605. The van der Waals surface area contributed by atoms with Gasteiger partial charge in [-0.3, -0.25) is 9.48 Å². The largest absolute Gasteiger partial charge is 0.435 e. The second-order valence-electron chi connectivity index (χ2n) is 4.18. The van der Waals surface area contributed by atoms with Crippen molar-refractivity contribution in [2.45, 2.75) is 20.1 Å². The van der Waals surface area contributed by atoms with E-state index in [1.807, 2.05) is 6.92 Å². The standard InChI is InChI=1S/C15H14F2N2O2/c1-2-19-12(8-9-18-19)6-7-14(20)11-4-3-5-13(10-11)21-15(16)17/h3-10,15H,2H2,1H3/b7-6+. The van der Waals surface area contributed by atoms with Gasteiger partial charge in [0, 0.05) is 18.3 Å². The zero-order valence-corrected chi connectivity index (χ0v) is 11.4. The van der Waals surface area contributed by atoms with Gasteiger partial charge in [0.15, 0.2) is 5.78 Å². The van der Waals surface area contributed by atoms with Crippen molar-refractivity contribution in [2.75, 3.05) is 0 Å². The zero-order valence-electron chi connectivity index (χ0n) is 11.4. The number of halogens is 2. The summed E-state index contributed by atoms with van der Waals surface area (Å²) in [6.07, 6.45) is 4.66. The monoisotopic (exact) mass is 292 g/mol. The van der Waals surface area contributed by atoms with E-state index in [-0.39, 0.29) is 17.1 Å². The topological polar surface area (TPSA) is 44.1 Å². The molecule has 1 aromatic heterocycles. The van der Waals surface area contributed by atoms with Crippen LogP contribution in [0, 0.1) is 0 Å². The van der Waals surface area contributed by atoms with Crippen molar-refractivity contribution >= 4 is 11.9 Å². The molecule has 1 aromatic carbocycles. The fourth-order valence-corrected chi connectivity index (χ4v) is 1.83. The van der Waals surface area contributed by atoms with Crippen molar-refractivity contribution < 1.29 is 18.3 Å². The van der Waals surface area contributed by atoms with Crippen molar-refractivity contribution in [3.05, 3.63) is 53.9 Å². The maximum atomic E-state index is 12.1. The van der Waals surface area contributed by atoms with Gasteiger partial charge < -0.3 is 4.74 Å². The number of rotatable bonds is 6. The van der Waals surface area contributed by atoms with Crippen LogP contribution in [-0.2, 0) is 6.54 Å².